The normalized spacial score (nSPS) is 26.0. The van der Waals surface area contributed by atoms with E-state index in [1.807, 2.05) is 7.05 Å². The summed E-state index contributed by atoms with van der Waals surface area (Å²) in [7, 11) is 2.00. The number of hydrogen-bond donors (Lipinski definition) is 2. The van der Waals surface area contributed by atoms with Gasteiger partial charge in [0.15, 0.2) is 0 Å². The van der Waals surface area contributed by atoms with E-state index in [0.29, 0.717) is 12.6 Å². The maximum atomic E-state index is 10.6. The molecule has 1 saturated heterocycles. The van der Waals surface area contributed by atoms with Crippen molar-refractivity contribution in [2.75, 3.05) is 26.7 Å². The molecular formula is C13H26N2O2. The van der Waals surface area contributed by atoms with Gasteiger partial charge < -0.3 is 15.3 Å². The molecule has 1 rings (SSSR count). The maximum Gasteiger partial charge on any atom is 0.304 e. The number of hydrogen-bond acceptors (Lipinski definition) is 3. The molecule has 0 spiro atoms. The van der Waals surface area contributed by atoms with Crippen LogP contribution in [0.3, 0.4) is 0 Å². The second-order valence-corrected chi connectivity index (χ2v) is 5.13. The van der Waals surface area contributed by atoms with E-state index in [1.54, 1.807) is 0 Å². The number of rotatable bonds is 7. The largest absolute Gasteiger partial charge is 0.481 e. The topological polar surface area (TPSA) is 52.6 Å². The summed E-state index contributed by atoms with van der Waals surface area (Å²) < 4.78 is 0. The zero-order valence-corrected chi connectivity index (χ0v) is 11.1. The summed E-state index contributed by atoms with van der Waals surface area (Å²) in [6.45, 7) is 4.98. The predicted octanol–water partition coefficient (Wildman–Crippen LogP) is 1.56. The molecule has 2 N–H and O–H groups in total. The van der Waals surface area contributed by atoms with E-state index < -0.39 is 5.97 Å². The van der Waals surface area contributed by atoms with E-state index in [0.717, 1.165) is 19.0 Å². The lowest BCUT2D eigenvalue weighted by atomic mass is 9.90. The minimum absolute atomic E-state index is 0.261. The molecule has 2 unspecified atom stereocenters. The van der Waals surface area contributed by atoms with Crippen LogP contribution in [0.1, 0.15) is 39.0 Å². The number of carboxylic acids is 1. The molecule has 0 aromatic heterocycles. The van der Waals surface area contributed by atoms with Gasteiger partial charge >= 0.3 is 5.97 Å². The highest BCUT2D eigenvalue weighted by atomic mass is 16.4. The van der Waals surface area contributed by atoms with Gasteiger partial charge in [-0.3, -0.25) is 4.79 Å². The molecule has 0 radical (unpaired) electrons. The van der Waals surface area contributed by atoms with Crippen LogP contribution in [0.25, 0.3) is 0 Å². The van der Waals surface area contributed by atoms with Gasteiger partial charge in [0, 0.05) is 25.7 Å². The molecule has 1 aliphatic rings. The average molecular weight is 242 g/mol. The highest BCUT2D eigenvalue weighted by Crippen LogP contribution is 2.22. The Labute approximate surface area is 104 Å². The zero-order valence-electron chi connectivity index (χ0n) is 11.1. The first-order valence-electron chi connectivity index (χ1n) is 6.77. The fourth-order valence-electron chi connectivity index (χ4n) is 2.65. The van der Waals surface area contributed by atoms with Crippen molar-refractivity contribution in [2.24, 2.45) is 5.92 Å². The molecule has 4 heteroatoms. The first-order chi connectivity index (χ1) is 8.15. The average Bonchev–Trinajstić information content (AvgIpc) is 2.33. The van der Waals surface area contributed by atoms with Crippen LogP contribution in [-0.2, 0) is 4.79 Å². The van der Waals surface area contributed by atoms with Crippen molar-refractivity contribution in [1.82, 2.24) is 10.2 Å². The highest BCUT2D eigenvalue weighted by molar-refractivity contribution is 5.66. The van der Waals surface area contributed by atoms with Crippen LogP contribution < -0.4 is 5.32 Å². The minimum Gasteiger partial charge on any atom is -0.481 e. The first kappa shape index (κ1) is 14.5. The van der Waals surface area contributed by atoms with E-state index in [1.165, 1.54) is 25.7 Å². The number of carbonyl (C=O) groups is 1. The molecule has 0 aliphatic carbocycles. The lowest BCUT2D eigenvalue weighted by Gasteiger charge is -2.37. The van der Waals surface area contributed by atoms with Gasteiger partial charge in [-0.15, -0.1) is 0 Å². The second-order valence-electron chi connectivity index (χ2n) is 5.13. The number of carboxylic acid groups (broad SMARTS) is 1. The summed E-state index contributed by atoms with van der Waals surface area (Å²) in [5.41, 5.74) is 0. The Morgan fingerprint density at radius 2 is 2.24 bits per heavy atom. The van der Waals surface area contributed by atoms with Crippen molar-refractivity contribution in [3.05, 3.63) is 0 Å². The fraction of sp³-hybridized carbons (Fsp3) is 0.923. The number of nitrogens with zero attached hydrogens (tertiary/aromatic N) is 1. The summed E-state index contributed by atoms with van der Waals surface area (Å²) in [6, 6.07) is 0.527. The van der Waals surface area contributed by atoms with Crippen molar-refractivity contribution >= 4 is 5.97 Å². The van der Waals surface area contributed by atoms with Gasteiger partial charge in [-0.1, -0.05) is 19.8 Å². The SMILES string of the molecule is CCCCC1CC(NC)CN(CCC(=O)O)C1. The van der Waals surface area contributed by atoms with Crippen LogP contribution >= 0.6 is 0 Å². The Morgan fingerprint density at radius 1 is 1.47 bits per heavy atom. The standard InChI is InChI=1S/C13H26N2O2/c1-3-4-5-11-8-12(14-2)10-15(9-11)7-6-13(16)17/h11-12,14H,3-10H2,1-2H3,(H,16,17). The van der Waals surface area contributed by atoms with E-state index in [4.69, 9.17) is 5.11 Å². The Morgan fingerprint density at radius 3 is 2.82 bits per heavy atom. The molecule has 2 atom stereocenters. The monoisotopic (exact) mass is 242 g/mol. The fourth-order valence-corrected chi connectivity index (χ4v) is 2.65. The third-order valence-electron chi connectivity index (χ3n) is 3.63. The summed E-state index contributed by atoms with van der Waals surface area (Å²) >= 11 is 0. The molecule has 0 bridgehead atoms. The van der Waals surface area contributed by atoms with Gasteiger partial charge in [0.1, 0.15) is 0 Å². The maximum absolute atomic E-state index is 10.6. The number of nitrogens with one attached hydrogen (secondary N) is 1. The summed E-state index contributed by atoms with van der Waals surface area (Å²) in [4.78, 5) is 12.9. The second kappa shape index (κ2) is 7.67. The summed E-state index contributed by atoms with van der Waals surface area (Å²) in [6.07, 6.45) is 5.30. The van der Waals surface area contributed by atoms with E-state index in [-0.39, 0.29) is 6.42 Å². The lowest BCUT2D eigenvalue weighted by molar-refractivity contribution is -0.137. The molecule has 1 aliphatic heterocycles. The van der Waals surface area contributed by atoms with Crippen LogP contribution in [0.15, 0.2) is 0 Å². The molecule has 1 heterocycles. The molecule has 0 saturated carbocycles. The van der Waals surface area contributed by atoms with Crippen molar-refractivity contribution < 1.29 is 9.90 Å². The summed E-state index contributed by atoms with van der Waals surface area (Å²) in [5.74, 6) is 0.0386. The molecule has 4 nitrogen and oxygen atoms in total. The Kier molecular flexibility index (Phi) is 6.52. The Bertz CT molecular complexity index is 233. The minimum atomic E-state index is -0.693. The van der Waals surface area contributed by atoms with Crippen LogP contribution in [0.4, 0.5) is 0 Å². The van der Waals surface area contributed by atoms with Crippen LogP contribution in [0.2, 0.25) is 0 Å². The van der Waals surface area contributed by atoms with Crippen LogP contribution in [-0.4, -0.2) is 48.7 Å². The van der Waals surface area contributed by atoms with Gasteiger partial charge in [0.05, 0.1) is 6.42 Å². The van der Waals surface area contributed by atoms with Crippen LogP contribution in [0, 0.1) is 5.92 Å². The quantitative estimate of drug-likeness (QED) is 0.711. The van der Waals surface area contributed by atoms with Gasteiger partial charge in [-0.2, -0.15) is 0 Å². The number of piperidine rings is 1. The van der Waals surface area contributed by atoms with Crippen molar-refractivity contribution in [2.45, 2.75) is 45.1 Å². The highest BCUT2D eigenvalue weighted by Gasteiger charge is 2.25. The van der Waals surface area contributed by atoms with Crippen molar-refractivity contribution in [3.8, 4) is 0 Å². The van der Waals surface area contributed by atoms with E-state index in [2.05, 4.69) is 17.1 Å². The predicted molar refractivity (Wildman–Crippen MR) is 69.2 cm³/mol. The van der Waals surface area contributed by atoms with Gasteiger partial charge in [-0.05, 0) is 25.8 Å². The number of unbranched alkanes of at least 4 members (excludes halogenated alkanes) is 1. The van der Waals surface area contributed by atoms with Crippen molar-refractivity contribution in [1.29, 1.82) is 0 Å². The van der Waals surface area contributed by atoms with Gasteiger partial charge in [0.2, 0.25) is 0 Å². The molecule has 0 aromatic rings. The van der Waals surface area contributed by atoms with Gasteiger partial charge in [-0.25, -0.2) is 0 Å². The molecule has 0 amide bonds. The Hall–Kier alpha value is -0.610. The molecule has 0 aromatic carbocycles. The molecule has 100 valence electrons. The summed E-state index contributed by atoms with van der Waals surface area (Å²) in [5, 5.41) is 12.1. The molecule has 1 fully saturated rings. The number of likely N-dealkylation sites (tertiary alicyclic amines) is 1. The third kappa shape index (κ3) is 5.50. The van der Waals surface area contributed by atoms with Gasteiger partial charge in [0.25, 0.3) is 0 Å². The number of aliphatic carboxylic acids is 1. The van der Waals surface area contributed by atoms with Crippen LogP contribution in [0.5, 0.6) is 0 Å². The van der Waals surface area contributed by atoms with E-state index >= 15 is 0 Å². The molecule has 17 heavy (non-hydrogen) atoms. The van der Waals surface area contributed by atoms with Crippen molar-refractivity contribution in [3.63, 3.8) is 0 Å². The first-order valence-corrected chi connectivity index (χ1v) is 6.77. The Balaban J connectivity index is 2.39. The van der Waals surface area contributed by atoms with E-state index in [9.17, 15) is 4.79 Å². The zero-order chi connectivity index (χ0) is 12.7. The smallest absolute Gasteiger partial charge is 0.304 e. The lowest BCUT2D eigenvalue weighted by Crippen LogP contribution is -2.48. The molecular weight excluding hydrogens is 216 g/mol. The number of likely N-dealkylation sites (N-methyl/N-ethyl adjacent to an activating group) is 1. The third-order valence-corrected chi connectivity index (χ3v) is 3.63.